The van der Waals surface area contributed by atoms with Crippen molar-refractivity contribution < 1.29 is 24.2 Å². The molecule has 0 fully saturated rings. The van der Waals surface area contributed by atoms with Crippen LogP contribution in [-0.2, 0) is 19.1 Å². The monoisotopic (exact) mass is 667 g/mol. The zero-order valence-corrected chi connectivity index (χ0v) is 32.0. The van der Waals surface area contributed by atoms with Crippen LogP contribution < -0.4 is 0 Å². The Bertz CT molecular complexity index is 649. The molecule has 0 heterocycles. The van der Waals surface area contributed by atoms with Gasteiger partial charge < -0.3 is 14.6 Å². The summed E-state index contributed by atoms with van der Waals surface area (Å²) in [6.45, 7) is 6.53. The van der Waals surface area contributed by atoms with Crippen LogP contribution in [0.25, 0.3) is 0 Å². The minimum Gasteiger partial charge on any atom is -0.462 e. The Morgan fingerprint density at radius 1 is 0.468 bits per heavy atom. The van der Waals surface area contributed by atoms with E-state index in [9.17, 15) is 14.7 Å². The van der Waals surface area contributed by atoms with Gasteiger partial charge in [0.25, 0.3) is 0 Å². The van der Waals surface area contributed by atoms with Gasteiger partial charge >= 0.3 is 11.9 Å². The molecule has 5 heteroatoms. The van der Waals surface area contributed by atoms with Crippen molar-refractivity contribution in [1.82, 2.24) is 0 Å². The number of carbonyl (C=O) groups is 2. The average Bonchev–Trinajstić information content (AvgIpc) is 3.06. The van der Waals surface area contributed by atoms with E-state index in [1.54, 1.807) is 0 Å². The molecule has 0 saturated carbocycles. The maximum absolute atomic E-state index is 12.2. The van der Waals surface area contributed by atoms with Gasteiger partial charge in [-0.2, -0.15) is 0 Å². The number of hydrogen-bond acceptors (Lipinski definition) is 5. The van der Waals surface area contributed by atoms with Crippen LogP contribution >= 0.6 is 0 Å². The van der Waals surface area contributed by atoms with Gasteiger partial charge in [0.2, 0.25) is 0 Å². The van der Waals surface area contributed by atoms with Crippen LogP contribution in [0.2, 0.25) is 0 Å². The predicted octanol–water partition coefficient (Wildman–Crippen LogP) is 13.0. The van der Waals surface area contributed by atoms with E-state index in [1.165, 1.54) is 167 Å². The lowest BCUT2D eigenvalue weighted by molar-refractivity contribution is -0.161. The van der Waals surface area contributed by atoms with Gasteiger partial charge in [-0.3, -0.25) is 9.59 Å². The number of aliphatic hydroxyl groups is 1. The number of hydrogen-bond donors (Lipinski definition) is 1. The second kappa shape index (κ2) is 37.7. The van der Waals surface area contributed by atoms with E-state index in [-0.39, 0.29) is 25.2 Å². The lowest BCUT2D eigenvalue weighted by atomic mass is 10.0. The molecule has 0 spiro atoms. The SMILES string of the molecule is CCCCCCCCCCCCCCCCC(=O)O[C@@H](CO)COC(=O)CCCCCCCCCCCCCCCCCCC(C)C. The number of carbonyl (C=O) groups excluding carboxylic acids is 2. The fraction of sp³-hybridized carbons (Fsp3) is 0.952. The van der Waals surface area contributed by atoms with Crippen LogP contribution in [-0.4, -0.2) is 36.4 Å². The Morgan fingerprint density at radius 3 is 1.13 bits per heavy atom. The first-order valence-electron chi connectivity index (χ1n) is 21.0. The highest BCUT2D eigenvalue weighted by Crippen LogP contribution is 2.16. The summed E-state index contributed by atoms with van der Waals surface area (Å²) in [4.78, 5) is 24.3. The van der Waals surface area contributed by atoms with Crippen molar-refractivity contribution in [3.05, 3.63) is 0 Å². The molecule has 0 aliphatic rings. The molecule has 0 rings (SSSR count). The van der Waals surface area contributed by atoms with Crippen LogP contribution in [0.1, 0.15) is 233 Å². The Morgan fingerprint density at radius 2 is 0.787 bits per heavy atom. The van der Waals surface area contributed by atoms with Gasteiger partial charge in [0, 0.05) is 12.8 Å². The van der Waals surface area contributed by atoms with E-state index in [1.807, 2.05) is 0 Å². The fourth-order valence-electron chi connectivity index (χ4n) is 6.39. The summed E-state index contributed by atoms with van der Waals surface area (Å²) >= 11 is 0. The van der Waals surface area contributed by atoms with Crippen molar-refractivity contribution in [2.45, 2.75) is 239 Å². The molecule has 1 atom stereocenters. The van der Waals surface area contributed by atoms with E-state index in [0.29, 0.717) is 12.8 Å². The topological polar surface area (TPSA) is 72.8 Å². The Kier molecular flexibility index (Phi) is 36.8. The van der Waals surface area contributed by atoms with Crippen LogP contribution in [0.4, 0.5) is 0 Å². The van der Waals surface area contributed by atoms with Gasteiger partial charge in [0.05, 0.1) is 6.61 Å². The fourth-order valence-corrected chi connectivity index (χ4v) is 6.39. The molecule has 47 heavy (non-hydrogen) atoms. The van der Waals surface area contributed by atoms with Crippen molar-refractivity contribution in [3.63, 3.8) is 0 Å². The Hall–Kier alpha value is -1.10. The van der Waals surface area contributed by atoms with E-state index >= 15 is 0 Å². The van der Waals surface area contributed by atoms with Crippen LogP contribution in [0.5, 0.6) is 0 Å². The molecule has 0 bridgehead atoms. The number of ether oxygens (including phenoxy) is 2. The predicted molar refractivity (Wildman–Crippen MR) is 201 cm³/mol. The third kappa shape index (κ3) is 37.6. The van der Waals surface area contributed by atoms with Gasteiger partial charge in [-0.15, -0.1) is 0 Å². The molecule has 0 aromatic rings. The molecule has 0 aliphatic heterocycles. The molecule has 5 nitrogen and oxygen atoms in total. The van der Waals surface area contributed by atoms with Gasteiger partial charge in [0.15, 0.2) is 6.10 Å². The van der Waals surface area contributed by atoms with Crippen molar-refractivity contribution in [2.24, 2.45) is 5.92 Å². The summed E-state index contributed by atoms with van der Waals surface area (Å²) in [7, 11) is 0. The first kappa shape index (κ1) is 45.9. The smallest absolute Gasteiger partial charge is 0.306 e. The quantitative estimate of drug-likeness (QED) is 0.0524. The zero-order chi connectivity index (χ0) is 34.5. The number of esters is 2. The van der Waals surface area contributed by atoms with Gasteiger partial charge in [0.1, 0.15) is 6.61 Å². The lowest BCUT2D eigenvalue weighted by Crippen LogP contribution is -2.28. The third-order valence-electron chi connectivity index (χ3n) is 9.58. The summed E-state index contributed by atoms with van der Waals surface area (Å²) < 4.78 is 10.6. The zero-order valence-electron chi connectivity index (χ0n) is 32.0. The van der Waals surface area contributed by atoms with E-state index in [2.05, 4.69) is 20.8 Å². The molecule has 0 aromatic carbocycles. The highest BCUT2D eigenvalue weighted by molar-refractivity contribution is 5.70. The molecule has 0 saturated heterocycles. The molecule has 0 amide bonds. The van der Waals surface area contributed by atoms with E-state index in [0.717, 1.165) is 38.0 Å². The summed E-state index contributed by atoms with van der Waals surface area (Å²) in [5, 5.41) is 9.56. The molecule has 1 N–H and O–H groups in total. The summed E-state index contributed by atoms with van der Waals surface area (Å²) in [6.07, 6.45) is 40.2. The Labute approximate surface area is 293 Å². The first-order valence-corrected chi connectivity index (χ1v) is 21.0. The van der Waals surface area contributed by atoms with E-state index in [4.69, 9.17) is 9.47 Å². The largest absolute Gasteiger partial charge is 0.462 e. The molecular weight excluding hydrogens is 584 g/mol. The van der Waals surface area contributed by atoms with Crippen LogP contribution in [0.15, 0.2) is 0 Å². The van der Waals surface area contributed by atoms with Crippen molar-refractivity contribution in [3.8, 4) is 0 Å². The lowest BCUT2D eigenvalue weighted by Gasteiger charge is -2.15. The van der Waals surface area contributed by atoms with Gasteiger partial charge in [-0.25, -0.2) is 0 Å². The molecule has 280 valence electrons. The highest BCUT2D eigenvalue weighted by atomic mass is 16.6. The maximum atomic E-state index is 12.2. The van der Waals surface area contributed by atoms with E-state index < -0.39 is 6.10 Å². The molecular formula is C42H82O5. The second-order valence-corrected chi connectivity index (χ2v) is 14.9. The van der Waals surface area contributed by atoms with Crippen molar-refractivity contribution in [1.29, 1.82) is 0 Å². The normalized spacial score (nSPS) is 12.1. The number of aliphatic hydroxyl groups excluding tert-OH is 1. The summed E-state index contributed by atoms with van der Waals surface area (Å²) in [5.74, 6) is 0.285. The molecule has 0 aromatic heterocycles. The third-order valence-corrected chi connectivity index (χ3v) is 9.58. The first-order chi connectivity index (χ1) is 23.0. The van der Waals surface area contributed by atoms with Crippen molar-refractivity contribution >= 4 is 11.9 Å². The minimum absolute atomic E-state index is 0.0573. The standard InChI is InChI=1S/C42H82O5/c1-4-5-6-7-8-9-10-11-17-21-24-27-30-33-36-42(45)47-40(37-43)38-46-41(44)35-32-29-26-23-20-18-15-13-12-14-16-19-22-25-28-31-34-39(2)3/h39-40,43H,4-38H2,1-3H3/t40-/m0/s1. The van der Waals surface area contributed by atoms with Crippen molar-refractivity contribution in [2.75, 3.05) is 13.2 Å². The molecule has 0 aliphatic carbocycles. The van der Waals surface area contributed by atoms with Gasteiger partial charge in [-0.05, 0) is 18.8 Å². The second-order valence-electron chi connectivity index (χ2n) is 14.9. The van der Waals surface area contributed by atoms with Crippen LogP contribution in [0.3, 0.4) is 0 Å². The molecule has 0 unspecified atom stereocenters. The summed E-state index contributed by atoms with van der Waals surface area (Å²) in [5.41, 5.74) is 0. The average molecular weight is 667 g/mol. The minimum atomic E-state index is -0.762. The molecule has 0 radical (unpaired) electrons. The van der Waals surface area contributed by atoms with Gasteiger partial charge in [-0.1, -0.05) is 207 Å². The summed E-state index contributed by atoms with van der Waals surface area (Å²) in [6, 6.07) is 0. The van der Waals surface area contributed by atoms with Crippen LogP contribution in [0, 0.1) is 5.92 Å². The highest BCUT2D eigenvalue weighted by Gasteiger charge is 2.16. The number of unbranched alkanes of at least 4 members (excludes halogenated alkanes) is 28. The maximum Gasteiger partial charge on any atom is 0.306 e. The Balaban J connectivity index is 3.47. The number of rotatable bonds is 38.